The van der Waals surface area contributed by atoms with Gasteiger partial charge in [0.2, 0.25) is 5.91 Å². The van der Waals surface area contributed by atoms with E-state index in [0.717, 1.165) is 28.7 Å². The van der Waals surface area contributed by atoms with Gasteiger partial charge >= 0.3 is 5.76 Å². The number of amides is 1. The molecule has 2 aromatic heterocycles. The largest absolute Gasteiger partial charge is 0.420 e. The Morgan fingerprint density at radius 1 is 1.19 bits per heavy atom. The molecule has 0 aliphatic heterocycles. The molecule has 32 heavy (non-hydrogen) atoms. The highest BCUT2D eigenvalue weighted by Gasteiger charge is 2.23. The monoisotopic (exact) mass is 494 g/mol. The summed E-state index contributed by atoms with van der Waals surface area (Å²) in [5.41, 5.74) is 2.85. The lowest BCUT2D eigenvalue weighted by atomic mass is 10.2. The van der Waals surface area contributed by atoms with Crippen molar-refractivity contribution in [2.45, 2.75) is 19.9 Å². The van der Waals surface area contributed by atoms with E-state index in [1.54, 1.807) is 23.1 Å². The number of fused-ring (bicyclic) bond motifs is 2. The molecule has 4 rings (SSSR count). The molecule has 0 atom stereocenters. The third-order valence-corrected chi connectivity index (χ3v) is 6.61. The second-order valence-electron chi connectivity index (χ2n) is 7.66. The number of carbonyl (C=O) groups excluding carboxylic acids is 1. The Morgan fingerprint density at radius 3 is 2.66 bits per heavy atom. The van der Waals surface area contributed by atoms with E-state index in [1.165, 1.54) is 15.9 Å². The van der Waals surface area contributed by atoms with Crippen LogP contribution in [0.2, 0.25) is 5.02 Å². The van der Waals surface area contributed by atoms with Gasteiger partial charge in [0, 0.05) is 6.54 Å². The number of thiazole rings is 1. The fraction of sp³-hybridized carbons (Fsp3) is 0.318. The molecular formula is C22H24Cl2N4O3S. The molecule has 7 nitrogen and oxygen atoms in total. The molecule has 0 aliphatic rings. The minimum Gasteiger partial charge on any atom is -0.408 e. The maximum atomic E-state index is 13.4. The second-order valence-corrected chi connectivity index (χ2v) is 9.05. The molecule has 2 aromatic carbocycles. The summed E-state index contributed by atoms with van der Waals surface area (Å²) in [6.45, 7) is 3.15. The van der Waals surface area contributed by atoms with Crippen molar-refractivity contribution in [3.05, 3.63) is 57.5 Å². The van der Waals surface area contributed by atoms with Crippen molar-refractivity contribution in [1.29, 1.82) is 0 Å². The van der Waals surface area contributed by atoms with E-state index < -0.39 is 5.76 Å². The van der Waals surface area contributed by atoms with Gasteiger partial charge in [-0.2, -0.15) is 0 Å². The summed E-state index contributed by atoms with van der Waals surface area (Å²) < 4.78 is 7.49. The molecule has 170 valence electrons. The Morgan fingerprint density at radius 2 is 1.94 bits per heavy atom. The lowest BCUT2D eigenvalue weighted by Crippen LogP contribution is -2.37. The Labute approximate surface area is 200 Å². The van der Waals surface area contributed by atoms with E-state index in [-0.39, 0.29) is 24.9 Å². The fourth-order valence-corrected chi connectivity index (χ4v) is 4.82. The average Bonchev–Trinajstić information content (AvgIpc) is 3.31. The third-order valence-electron chi connectivity index (χ3n) is 5.07. The zero-order valence-corrected chi connectivity index (χ0v) is 20.4. The van der Waals surface area contributed by atoms with Crippen LogP contribution in [-0.4, -0.2) is 47.5 Å². The van der Waals surface area contributed by atoms with E-state index in [4.69, 9.17) is 21.0 Å². The van der Waals surface area contributed by atoms with E-state index in [1.807, 2.05) is 39.2 Å². The van der Waals surface area contributed by atoms with Gasteiger partial charge < -0.3 is 9.32 Å². The number of aryl methyl sites for hydroxylation is 1. The number of hydrogen-bond donors (Lipinski definition) is 0. The first-order valence-corrected chi connectivity index (χ1v) is 11.1. The van der Waals surface area contributed by atoms with Gasteiger partial charge in [0.1, 0.15) is 6.54 Å². The topological polar surface area (TPSA) is 71.6 Å². The Bertz CT molecular complexity index is 1270. The van der Waals surface area contributed by atoms with Crippen molar-refractivity contribution < 1.29 is 9.21 Å². The van der Waals surface area contributed by atoms with Crippen LogP contribution < -0.4 is 10.7 Å². The fourth-order valence-electron chi connectivity index (χ4n) is 3.46. The van der Waals surface area contributed by atoms with Gasteiger partial charge in [-0.25, -0.2) is 9.78 Å². The smallest absolute Gasteiger partial charge is 0.408 e. The molecular weight excluding hydrogens is 471 g/mol. The summed E-state index contributed by atoms with van der Waals surface area (Å²) in [6, 6.07) is 10.8. The predicted molar refractivity (Wildman–Crippen MR) is 133 cm³/mol. The molecule has 0 fully saturated rings. The molecule has 0 saturated carbocycles. The van der Waals surface area contributed by atoms with Crippen LogP contribution in [0.5, 0.6) is 0 Å². The van der Waals surface area contributed by atoms with Crippen molar-refractivity contribution >= 4 is 67.7 Å². The molecule has 0 aliphatic carbocycles. The maximum absolute atomic E-state index is 13.4. The number of para-hydroxylation sites is 2. The average molecular weight is 495 g/mol. The van der Waals surface area contributed by atoms with Crippen LogP contribution in [-0.2, 0) is 11.3 Å². The lowest BCUT2D eigenvalue weighted by Gasteiger charge is -2.21. The first-order valence-electron chi connectivity index (χ1n) is 9.94. The summed E-state index contributed by atoms with van der Waals surface area (Å²) >= 11 is 7.77. The lowest BCUT2D eigenvalue weighted by molar-refractivity contribution is -0.119. The number of oxazole rings is 1. The predicted octanol–water partition coefficient (Wildman–Crippen LogP) is 4.57. The molecule has 0 unspecified atom stereocenters. The molecule has 4 aromatic rings. The number of halogens is 2. The normalized spacial score (nSPS) is 11.3. The van der Waals surface area contributed by atoms with Crippen LogP contribution >= 0.6 is 35.3 Å². The Kier molecular flexibility index (Phi) is 7.61. The van der Waals surface area contributed by atoms with Gasteiger partial charge in [-0.3, -0.25) is 14.3 Å². The van der Waals surface area contributed by atoms with Crippen LogP contribution in [0.3, 0.4) is 0 Å². The molecule has 10 heteroatoms. The quantitative estimate of drug-likeness (QED) is 0.376. The molecule has 0 bridgehead atoms. The molecule has 2 heterocycles. The summed E-state index contributed by atoms with van der Waals surface area (Å²) in [5.74, 6) is -0.772. The highest BCUT2D eigenvalue weighted by molar-refractivity contribution is 7.23. The summed E-state index contributed by atoms with van der Waals surface area (Å²) in [7, 11) is 3.98. The summed E-state index contributed by atoms with van der Waals surface area (Å²) in [6.07, 6.45) is 0.766. The van der Waals surface area contributed by atoms with Crippen LogP contribution in [0.1, 0.15) is 12.0 Å². The van der Waals surface area contributed by atoms with Crippen LogP contribution in [0.4, 0.5) is 5.13 Å². The molecule has 1 amide bonds. The molecule has 0 N–H and O–H groups in total. The van der Waals surface area contributed by atoms with Gasteiger partial charge in [-0.15, -0.1) is 12.4 Å². The van der Waals surface area contributed by atoms with Crippen LogP contribution in [0.25, 0.3) is 21.3 Å². The van der Waals surface area contributed by atoms with Gasteiger partial charge in [0.05, 0.1) is 20.8 Å². The van der Waals surface area contributed by atoms with Gasteiger partial charge in [-0.1, -0.05) is 41.1 Å². The molecule has 0 radical (unpaired) electrons. The van der Waals surface area contributed by atoms with E-state index in [9.17, 15) is 9.59 Å². The van der Waals surface area contributed by atoms with Gasteiger partial charge in [0.25, 0.3) is 0 Å². The first kappa shape index (κ1) is 24.3. The first-order chi connectivity index (χ1) is 14.8. The number of carbonyl (C=O) groups is 1. The van der Waals surface area contributed by atoms with Crippen LogP contribution in [0, 0.1) is 6.92 Å². The van der Waals surface area contributed by atoms with Gasteiger partial charge in [-0.05, 0) is 57.7 Å². The van der Waals surface area contributed by atoms with Crippen molar-refractivity contribution in [2.24, 2.45) is 0 Å². The molecule has 0 saturated heterocycles. The minimum absolute atomic E-state index is 0. The number of hydrogen-bond acceptors (Lipinski definition) is 6. The highest BCUT2D eigenvalue weighted by Crippen LogP contribution is 2.35. The van der Waals surface area contributed by atoms with Crippen molar-refractivity contribution in [3.63, 3.8) is 0 Å². The van der Waals surface area contributed by atoms with Crippen molar-refractivity contribution in [2.75, 3.05) is 32.1 Å². The second kappa shape index (κ2) is 10.0. The van der Waals surface area contributed by atoms with E-state index in [2.05, 4.69) is 4.90 Å². The van der Waals surface area contributed by atoms with Crippen molar-refractivity contribution in [1.82, 2.24) is 14.5 Å². The number of nitrogens with zero attached hydrogens (tertiary/aromatic N) is 4. The zero-order chi connectivity index (χ0) is 22.1. The van der Waals surface area contributed by atoms with Crippen molar-refractivity contribution in [3.8, 4) is 0 Å². The summed E-state index contributed by atoms with van der Waals surface area (Å²) in [5, 5.41) is 1.19. The summed E-state index contributed by atoms with van der Waals surface area (Å²) in [4.78, 5) is 34.2. The number of anilines is 1. The molecule has 0 spiro atoms. The minimum atomic E-state index is -0.550. The SMILES string of the molecule is Cc1ccc(Cl)c2sc(N(CCCN(C)C)C(=O)Cn3c(=O)oc4ccccc43)nc12.Cl. The Balaban J connectivity index is 0.00000289. The van der Waals surface area contributed by atoms with E-state index in [0.29, 0.717) is 27.8 Å². The highest BCUT2D eigenvalue weighted by atomic mass is 35.5. The van der Waals surface area contributed by atoms with E-state index >= 15 is 0 Å². The number of benzene rings is 2. The Hall–Kier alpha value is -2.39. The number of rotatable bonds is 7. The maximum Gasteiger partial charge on any atom is 0.420 e. The number of aromatic nitrogens is 2. The standard InChI is InChI=1S/C22H23ClN4O3S.ClH/c1-14-9-10-15(23)20-19(14)24-21(31-20)26(12-6-11-25(2)3)18(28)13-27-16-7-4-5-8-17(16)30-22(27)29;/h4-5,7-10H,6,11-13H2,1-3H3;1H. The third kappa shape index (κ3) is 4.83. The van der Waals surface area contributed by atoms with Gasteiger partial charge in [0.15, 0.2) is 10.7 Å². The van der Waals surface area contributed by atoms with Crippen LogP contribution in [0.15, 0.2) is 45.6 Å². The zero-order valence-electron chi connectivity index (χ0n) is 18.0.